The van der Waals surface area contributed by atoms with Crippen LogP contribution in [0.5, 0.6) is 0 Å². The summed E-state index contributed by atoms with van der Waals surface area (Å²) in [5.41, 5.74) is -0.167. The highest BCUT2D eigenvalue weighted by Crippen LogP contribution is 2.20. The van der Waals surface area contributed by atoms with Gasteiger partial charge in [0, 0.05) is 33.2 Å². The standard InChI is InChI=1S/C16H21N7O4/c1-21(2)13(24)12-4-3-10(9-17-12)18-14(25)22-7-5-11(6-8-22)23-15(26)19-20-16(23)27/h3-4,9,11H,5-8H2,1-2H3,(H,18,25)(H,19,26)(H,20,27). The van der Waals surface area contributed by atoms with Gasteiger partial charge in [-0.2, -0.15) is 0 Å². The van der Waals surface area contributed by atoms with Crippen molar-refractivity contribution in [2.45, 2.75) is 18.9 Å². The van der Waals surface area contributed by atoms with Crippen LogP contribution in [0.25, 0.3) is 0 Å². The Labute approximate surface area is 154 Å². The lowest BCUT2D eigenvalue weighted by molar-refractivity contribution is 0.0822. The summed E-state index contributed by atoms with van der Waals surface area (Å²) in [5.74, 6) is -0.218. The average molecular weight is 375 g/mol. The molecule has 11 nitrogen and oxygen atoms in total. The van der Waals surface area contributed by atoms with Crippen molar-refractivity contribution in [2.75, 3.05) is 32.5 Å². The molecule has 0 unspecified atom stereocenters. The lowest BCUT2D eigenvalue weighted by Gasteiger charge is -2.31. The Bertz CT molecular complexity index is 905. The van der Waals surface area contributed by atoms with Gasteiger partial charge in [-0.05, 0) is 25.0 Å². The van der Waals surface area contributed by atoms with E-state index in [1.165, 1.54) is 11.1 Å². The van der Waals surface area contributed by atoms with Gasteiger partial charge in [0.05, 0.1) is 11.9 Å². The quantitative estimate of drug-likeness (QED) is 0.684. The molecule has 3 N–H and O–H groups in total. The van der Waals surface area contributed by atoms with Crippen LogP contribution in [-0.2, 0) is 0 Å². The lowest BCUT2D eigenvalue weighted by Crippen LogP contribution is -2.44. The molecule has 3 amide bonds. The molecule has 0 spiro atoms. The third-order valence-electron chi connectivity index (χ3n) is 4.47. The maximum Gasteiger partial charge on any atom is 0.344 e. The van der Waals surface area contributed by atoms with Gasteiger partial charge in [0.2, 0.25) is 0 Å². The molecule has 11 heteroatoms. The number of hydrogen-bond acceptors (Lipinski definition) is 5. The summed E-state index contributed by atoms with van der Waals surface area (Å²) in [6, 6.07) is 2.63. The molecule has 1 aliphatic rings. The number of amides is 3. The fourth-order valence-electron chi connectivity index (χ4n) is 3.00. The summed E-state index contributed by atoms with van der Waals surface area (Å²) in [6.07, 6.45) is 2.44. The molecule has 3 rings (SSSR count). The number of anilines is 1. The second kappa shape index (κ2) is 7.48. The Morgan fingerprint density at radius 2 is 1.78 bits per heavy atom. The molecule has 0 aliphatic carbocycles. The largest absolute Gasteiger partial charge is 0.344 e. The van der Waals surface area contributed by atoms with E-state index in [0.717, 1.165) is 4.57 Å². The minimum absolute atomic E-state index is 0.218. The monoisotopic (exact) mass is 375 g/mol. The number of aromatic amines is 2. The molecule has 0 saturated carbocycles. The van der Waals surface area contributed by atoms with Crippen LogP contribution in [0.1, 0.15) is 29.4 Å². The number of rotatable bonds is 3. The number of H-pyrrole nitrogens is 2. The van der Waals surface area contributed by atoms with E-state index in [1.807, 2.05) is 0 Å². The molecule has 1 aliphatic heterocycles. The number of likely N-dealkylation sites (tertiary alicyclic amines) is 1. The number of nitrogens with zero attached hydrogens (tertiary/aromatic N) is 4. The highest BCUT2D eigenvalue weighted by Gasteiger charge is 2.26. The van der Waals surface area contributed by atoms with Crippen molar-refractivity contribution in [2.24, 2.45) is 0 Å². The molecule has 0 aromatic carbocycles. The van der Waals surface area contributed by atoms with E-state index in [1.54, 1.807) is 31.1 Å². The van der Waals surface area contributed by atoms with E-state index in [4.69, 9.17) is 0 Å². The van der Waals surface area contributed by atoms with Gasteiger partial charge in [-0.3, -0.25) is 4.79 Å². The van der Waals surface area contributed by atoms with Gasteiger partial charge in [-0.15, -0.1) is 0 Å². The van der Waals surface area contributed by atoms with Gasteiger partial charge in [-0.25, -0.2) is 34.1 Å². The molecule has 27 heavy (non-hydrogen) atoms. The van der Waals surface area contributed by atoms with E-state index < -0.39 is 11.4 Å². The van der Waals surface area contributed by atoms with Crippen LogP contribution in [0.15, 0.2) is 27.9 Å². The van der Waals surface area contributed by atoms with Crippen LogP contribution in [0.3, 0.4) is 0 Å². The maximum atomic E-state index is 12.4. The predicted octanol–water partition coefficient (Wildman–Crippen LogP) is -0.169. The Morgan fingerprint density at radius 1 is 1.15 bits per heavy atom. The van der Waals surface area contributed by atoms with Crippen molar-refractivity contribution in [3.63, 3.8) is 0 Å². The van der Waals surface area contributed by atoms with Gasteiger partial charge in [-0.1, -0.05) is 0 Å². The SMILES string of the molecule is CN(C)C(=O)c1ccc(NC(=O)N2CCC(n3c(=O)[nH][nH]c3=O)CC2)cn1. The third kappa shape index (κ3) is 3.91. The summed E-state index contributed by atoms with van der Waals surface area (Å²) in [7, 11) is 3.28. The summed E-state index contributed by atoms with van der Waals surface area (Å²) in [4.78, 5) is 54.6. The average Bonchev–Trinajstić information content (AvgIpc) is 3.00. The number of carbonyl (C=O) groups excluding carboxylic acids is 2. The zero-order chi connectivity index (χ0) is 19.6. The third-order valence-corrected chi connectivity index (χ3v) is 4.47. The van der Waals surface area contributed by atoms with Crippen LogP contribution in [0, 0.1) is 0 Å². The zero-order valence-corrected chi connectivity index (χ0v) is 15.1. The summed E-state index contributed by atoms with van der Waals surface area (Å²) in [6.45, 7) is 0.830. The summed E-state index contributed by atoms with van der Waals surface area (Å²) < 4.78 is 1.15. The normalized spacial score (nSPS) is 14.8. The molecule has 0 atom stereocenters. The van der Waals surface area contributed by atoms with Crippen molar-refractivity contribution in [1.29, 1.82) is 0 Å². The molecule has 2 aromatic heterocycles. The van der Waals surface area contributed by atoms with Crippen LogP contribution >= 0.6 is 0 Å². The fraction of sp³-hybridized carbons (Fsp3) is 0.438. The molecule has 0 bridgehead atoms. The summed E-state index contributed by atoms with van der Waals surface area (Å²) >= 11 is 0. The molecule has 144 valence electrons. The highest BCUT2D eigenvalue weighted by molar-refractivity contribution is 5.93. The molecular weight excluding hydrogens is 354 g/mol. The van der Waals surface area contributed by atoms with Crippen molar-refractivity contribution >= 4 is 17.6 Å². The second-order valence-electron chi connectivity index (χ2n) is 6.51. The van der Waals surface area contributed by atoms with Gasteiger partial charge < -0.3 is 15.1 Å². The first-order valence-electron chi connectivity index (χ1n) is 8.49. The molecule has 1 saturated heterocycles. The van der Waals surface area contributed by atoms with Crippen molar-refractivity contribution in [3.8, 4) is 0 Å². The van der Waals surface area contributed by atoms with E-state index in [9.17, 15) is 19.2 Å². The first-order valence-corrected chi connectivity index (χ1v) is 8.49. The topological polar surface area (TPSA) is 136 Å². The first-order chi connectivity index (χ1) is 12.9. The molecule has 2 aromatic rings. The first kappa shape index (κ1) is 18.4. The van der Waals surface area contributed by atoms with E-state index in [-0.39, 0.29) is 18.0 Å². The maximum absolute atomic E-state index is 12.4. The van der Waals surface area contributed by atoms with Crippen molar-refractivity contribution < 1.29 is 9.59 Å². The minimum atomic E-state index is -0.471. The van der Waals surface area contributed by atoms with Gasteiger partial charge in [0.15, 0.2) is 0 Å². The van der Waals surface area contributed by atoms with Crippen LogP contribution in [0.2, 0.25) is 0 Å². The van der Waals surface area contributed by atoms with Gasteiger partial charge in [0.25, 0.3) is 5.91 Å². The van der Waals surface area contributed by atoms with Gasteiger partial charge in [0.1, 0.15) is 5.69 Å². The Kier molecular flexibility index (Phi) is 5.10. The van der Waals surface area contributed by atoms with Crippen LogP contribution in [0.4, 0.5) is 10.5 Å². The highest BCUT2D eigenvalue weighted by atomic mass is 16.2. The number of carbonyl (C=O) groups is 2. The number of pyridine rings is 1. The fourth-order valence-corrected chi connectivity index (χ4v) is 3.00. The van der Waals surface area contributed by atoms with E-state index in [2.05, 4.69) is 20.5 Å². The molecule has 1 fully saturated rings. The Balaban J connectivity index is 1.58. The molecular formula is C16H21N7O4. The Hall–Kier alpha value is -3.37. The van der Waals surface area contributed by atoms with Crippen LogP contribution in [-0.4, -0.2) is 68.7 Å². The second-order valence-corrected chi connectivity index (χ2v) is 6.51. The van der Waals surface area contributed by atoms with E-state index >= 15 is 0 Å². The van der Waals surface area contributed by atoms with Crippen molar-refractivity contribution in [3.05, 3.63) is 45.0 Å². The molecule has 0 radical (unpaired) electrons. The number of hydrogen-bond donors (Lipinski definition) is 3. The number of nitrogens with one attached hydrogen (secondary N) is 3. The predicted molar refractivity (Wildman–Crippen MR) is 96.8 cm³/mol. The lowest BCUT2D eigenvalue weighted by atomic mass is 10.1. The van der Waals surface area contributed by atoms with E-state index in [0.29, 0.717) is 37.3 Å². The Morgan fingerprint density at radius 3 is 2.30 bits per heavy atom. The number of aromatic nitrogens is 4. The van der Waals surface area contributed by atoms with Crippen LogP contribution < -0.4 is 16.7 Å². The molecule has 3 heterocycles. The number of piperidine rings is 1. The summed E-state index contributed by atoms with van der Waals surface area (Å²) in [5, 5.41) is 7.26. The van der Waals surface area contributed by atoms with Crippen molar-refractivity contribution in [1.82, 2.24) is 29.5 Å². The zero-order valence-electron chi connectivity index (χ0n) is 15.1. The number of urea groups is 1. The van der Waals surface area contributed by atoms with Gasteiger partial charge >= 0.3 is 17.4 Å². The smallest absolute Gasteiger partial charge is 0.343 e. The minimum Gasteiger partial charge on any atom is -0.343 e.